The summed E-state index contributed by atoms with van der Waals surface area (Å²) < 4.78 is 1.31. The Labute approximate surface area is 126 Å². The summed E-state index contributed by atoms with van der Waals surface area (Å²) in [5.74, 6) is 0.147. The minimum atomic E-state index is 0.147. The molecule has 1 atom stereocenters. The van der Waals surface area contributed by atoms with E-state index in [1.54, 1.807) is 17.7 Å². The molecule has 1 aromatic carbocycles. The summed E-state index contributed by atoms with van der Waals surface area (Å²) in [6.45, 7) is 0. The zero-order chi connectivity index (χ0) is 14.1. The van der Waals surface area contributed by atoms with Crippen molar-refractivity contribution in [1.82, 2.24) is 15.0 Å². The van der Waals surface area contributed by atoms with Crippen molar-refractivity contribution in [3.8, 4) is 0 Å². The summed E-state index contributed by atoms with van der Waals surface area (Å²) >= 11 is 1.77. The molecular weight excluding hydrogens is 278 g/mol. The van der Waals surface area contributed by atoms with E-state index >= 15 is 0 Å². The number of aromatic nitrogens is 3. The number of thiophene rings is 1. The lowest BCUT2D eigenvalue weighted by Gasteiger charge is -2.17. The lowest BCUT2D eigenvalue weighted by molar-refractivity contribution is 0.938. The Morgan fingerprint density at radius 3 is 2.71 bits per heavy atom. The molecule has 4 heteroatoms. The zero-order valence-electron chi connectivity index (χ0n) is 11.2. The van der Waals surface area contributed by atoms with Crippen LogP contribution in [0.25, 0.3) is 10.1 Å². The van der Waals surface area contributed by atoms with Crippen LogP contribution in [-0.4, -0.2) is 15.0 Å². The van der Waals surface area contributed by atoms with Gasteiger partial charge in [-0.05, 0) is 46.2 Å². The van der Waals surface area contributed by atoms with Crippen molar-refractivity contribution in [2.75, 3.05) is 0 Å². The molecule has 0 aliphatic heterocycles. The van der Waals surface area contributed by atoms with Crippen LogP contribution in [0.1, 0.15) is 22.7 Å². The number of benzene rings is 1. The first kappa shape index (κ1) is 12.3. The maximum Gasteiger partial charge on any atom is 0.0922 e. The molecule has 4 aromatic rings. The minimum Gasteiger partial charge on any atom is -0.348 e. The molecule has 0 spiro atoms. The van der Waals surface area contributed by atoms with Gasteiger partial charge in [-0.1, -0.05) is 12.1 Å². The highest BCUT2D eigenvalue weighted by molar-refractivity contribution is 7.17. The topological polar surface area (TPSA) is 41.6 Å². The van der Waals surface area contributed by atoms with Gasteiger partial charge in [-0.3, -0.25) is 4.98 Å². The van der Waals surface area contributed by atoms with Crippen LogP contribution in [0.3, 0.4) is 0 Å². The number of imidazole rings is 1. The molecule has 0 aliphatic carbocycles. The van der Waals surface area contributed by atoms with Crippen molar-refractivity contribution in [3.05, 3.63) is 83.5 Å². The Hall–Kier alpha value is -2.46. The molecule has 0 amide bonds. The van der Waals surface area contributed by atoms with Crippen LogP contribution < -0.4 is 0 Å². The van der Waals surface area contributed by atoms with Gasteiger partial charge in [0.15, 0.2) is 0 Å². The summed E-state index contributed by atoms with van der Waals surface area (Å²) in [7, 11) is 0. The van der Waals surface area contributed by atoms with E-state index in [4.69, 9.17) is 0 Å². The van der Waals surface area contributed by atoms with E-state index in [2.05, 4.69) is 56.7 Å². The van der Waals surface area contributed by atoms with Gasteiger partial charge in [-0.25, -0.2) is 4.98 Å². The third-order valence-corrected chi connectivity index (χ3v) is 4.59. The first-order chi connectivity index (χ1) is 10.4. The molecule has 0 bridgehead atoms. The molecule has 0 saturated carbocycles. The van der Waals surface area contributed by atoms with Crippen LogP contribution in [0.2, 0.25) is 0 Å². The smallest absolute Gasteiger partial charge is 0.0922 e. The third kappa shape index (κ3) is 2.14. The molecule has 21 heavy (non-hydrogen) atoms. The minimum absolute atomic E-state index is 0.147. The van der Waals surface area contributed by atoms with Crippen LogP contribution in [0.5, 0.6) is 0 Å². The monoisotopic (exact) mass is 291 g/mol. The normalized spacial score (nSPS) is 12.6. The van der Waals surface area contributed by atoms with Crippen LogP contribution >= 0.6 is 11.3 Å². The fourth-order valence-electron chi connectivity index (χ4n) is 2.78. The summed E-state index contributed by atoms with van der Waals surface area (Å²) in [4.78, 5) is 11.6. The van der Waals surface area contributed by atoms with Crippen molar-refractivity contribution >= 4 is 21.4 Å². The van der Waals surface area contributed by atoms with Gasteiger partial charge in [0.05, 0.1) is 12.2 Å². The molecule has 3 aromatic heterocycles. The van der Waals surface area contributed by atoms with E-state index in [-0.39, 0.29) is 5.92 Å². The van der Waals surface area contributed by atoms with Crippen LogP contribution in [0.15, 0.2) is 66.7 Å². The summed E-state index contributed by atoms with van der Waals surface area (Å²) in [6.07, 6.45) is 7.31. The number of nitrogens with zero attached hydrogens (tertiary/aromatic N) is 2. The molecule has 4 rings (SSSR count). The van der Waals surface area contributed by atoms with Gasteiger partial charge < -0.3 is 4.98 Å². The number of aromatic amines is 1. The van der Waals surface area contributed by atoms with Crippen LogP contribution in [0, 0.1) is 0 Å². The molecule has 1 N–H and O–H groups in total. The summed E-state index contributed by atoms with van der Waals surface area (Å²) in [5, 5.41) is 3.45. The zero-order valence-corrected chi connectivity index (χ0v) is 12.0. The van der Waals surface area contributed by atoms with Gasteiger partial charge in [0.1, 0.15) is 0 Å². The Balaban J connectivity index is 1.97. The molecule has 3 heterocycles. The number of H-pyrrole nitrogens is 1. The fraction of sp³-hybridized carbons (Fsp3) is 0.0588. The van der Waals surface area contributed by atoms with Gasteiger partial charge in [0.25, 0.3) is 0 Å². The van der Waals surface area contributed by atoms with Gasteiger partial charge in [-0.15, -0.1) is 11.3 Å². The lowest BCUT2D eigenvalue weighted by Crippen LogP contribution is -2.04. The number of rotatable bonds is 3. The largest absolute Gasteiger partial charge is 0.348 e. The second-order valence-electron chi connectivity index (χ2n) is 4.90. The van der Waals surface area contributed by atoms with E-state index in [1.807, 2.05) is 18.6 Å². The quantitative estimate of drug-likeness (QED) is 0.614. The average Bonchev–Trinajstić information content (AvgIpc) is 3.20. The lowest BCUT2D eigenvalue weighted by atomic mass is 9.87. The predicted molar refractivity (Wildman–Crippen MR) is 85.6 cm³/mol. The van der Waals surface area contributed by atoms with Gasteiger partial charge in [-0.2, -0.15) is 0 Å². The van der Waals surface area contributed by atoms with E-state index in [9.17, 15) is 0 Å². The number of nitrogens with one attached hydrogen (secondary N) is 1. The van der Waals surface area contributed by atoms with Gasteiger partial charge in [0, 0.05) is 29.0 Å². The highest BCUT2D eigenvalue weighted by atomic mass is 32.1. The number of hydrogen-bond acceptors (Lipinski definition) is 3. The molecule has 102 valence electrons. The van der Waals surface area contributed by atoms with Crippen molar-refractivity contribution < 1.29 is 0 Å². The summed E-state index contributed by atoms with van der Waals surface area (Å²) in [6, 6.07) is 12.8. The molecular formula is C17H13N3S. The summed E-state index contributed by atoms with van der Waals surface area (Å²) in [5.41, 5.74) is 3.61. The van der Waals surface area contributed by atoms with Crippen LogP contribution in [-0.2, 0) is 0 Å². The van der Waals surface area contributed by atoms with E-state index in [0.717, 1.165) is 5.69 Å². The third-order valence-electron chi connectivity index (χ3n) is 3.71. The van der Waals surface area contributed by atoms with E-state index in [0.29, 0.717) is 0 Å². The number of fused-ring (bicyclic) bond motifs is 1. The highest BCUT2D eigenvalue weighted by Gasteiger charge is 2.20. The van der Waals surface area contributed by atoms with Crippen molar-refractivity contribution in [3.63, 3.8) is 0 Å². The molecule has 1 unspecified atom stereocenters. The van der Waals surface area contributed by atoms with Crippen molar-refractivity contribution in [1.29, 1.82) is 0 Å². The molecule has 0 fully saturated rings. The Morgan fingerprint density at radius 1 is 1.00 bits per heavy atom. The van der Waals surface area contributed by atoms with Gasteiger partial charge >= 0.3 is 0 Å². The van der Waals surface area contributed by atoms with Gasteiger partial charge in [0.2, 0.25) is 0 Å². The molecule has 0 saturated heterocycles. The van der Waals surface area contributed by atoms with E-state index in [1.165, 1.54) is 21.2 Å². The molecule has 0 radical (unpaired) electrons. The number of hydrogen-bond donors (Lipinski definition) is 1. The number of pyridine rings is 1. The first-order valence-corrected chi connectivity index (χ1v) is 7.66. The Bertz CT molecular complexity index is 850. The predicted octanol–water partition coefficient (Wildman–Crippen LogP) is 4.20. The molecule has 0 aliphatic rings. The SMILES string of the molecule is c1cc(C(c2ccncc2)c2cnc[nH]2)c2ccsc2c1. The van der Waals surface area contributed by atoms with Crippen LogP contribution in [0.4, 0.5) is 0 Å². The Morgan fingerprint density at radius 2 is 1.90 bits per heavy atom. The van der Waals surface area contributed by atoms with E-state index < -0.39 is 0 Å². The standard InChI is InChI=1S/C17H13N3S/c1-2-14(13-6-9-21-16(13)3-1)17(15-10-19-11-20-15)12-4-7-18-8-5-12/h1-11,17H,(H,19,20). The second kappa shape index (κ2) is 5.14. The van der Waals surface area contributed by atoms with Crippen molar-refractivity contribution in [2.45, 2.75) is 5.92 Å². The Kier molecular flexibility index (Phi) is 3.01. The highest BCUT2D eigenvalue weighted by Crippen LogP contribution is 2.36. The molecule has 3 nitrogen and oxygen atoms in total. The average molecular weight is 291 g/mol. The maximum atomic E-state index is 4.19. The fourth-order valence-corrected chi connectivity index (χ4v) is 3.60. The van der Waals surface area contributed by atoms with Crippen molar-refractivity contribution in [2.24, 2.45) is 0 Å². The second-order valence-corrected chi connectivity index (χ2v) is 5.85. The first-order valence-electron chi connectivity index (χ1n) is 6.78. The maximum absolute atomic E-state index is 4.19.